The molecule has 0 saturated heterocycles. The van der Waals surface area contributed by atoms with Crippen molar-refractivity contribution in [3.63, 3.8) is 0 Å². The lowest BCUT2D eigenvalue weighted by Gasteiger charge is -2.13. The Bertz CT molecular complexity index is 722. The van der Waals surface area contributed by atoms with E-state index in [4.69, 9.17) is 4.74 Å². The molecule has 2 aromatic carbocycles. The van der Waals surface area contributed by atoms with Gasteiger partial charge in [0.15, 0.2) is 6.10 Å². The van der Waals surface area contributed by atoms with Crippen molar-refractivity contribution in [2.45, 2.75) is 26.9 Å². The zero-order valence-corrected chi connectivity index (χ0v) is 14.9. The highest BCUT2D eigenvalue weighted by Crippen LogP contribution is 2.15. The molecule has 1 atom stereocenters. The number of benzene rings is 2. The van der Waals surface area contributed by atoms with Crippen LogP contribution >= 0.6 is 22.6 Å². The van der Waals surface area contributed by atoms with Crippen LogP contribution in [0.5, 0.6) is 0 Å². The average molecular weight is 408 g/mol. The van der Waals surface area contributed by atoms with Gasteiger partial charge in [-0.15, -0.1) is 0 Å². The molecule has 0 fully saturated rings. The van der Waals surface area contributed by atoms with Crippen molar-refractivity contribution in [3.05, 3.63) is 68.3 Å². The second kappa shape index (κ2) is 7.05. The Hall–Kier alpha value is -1.69. The SMILES string of the molecule is Cc1ccc(C(=O)[C@@H](C)OC(=O)c2cccc(I)c2)cc1C. The van der Waals surface area contributed by atoms with Crippen molar-refractivity contribution in [1.29, 1.82) is 0 Å². The predicted octanol–water partition coefficient (Wildman–Crippen LogP) is 4.34. The summed E-state index contributed by atoms with van der Waals surface area (Å²) in [5, 5.41) is 0. The summed E-state index contributed by atoms with van der Waals surface area (Å²) in [6, 6.07) is 12.6. The number of hydrogen-bond donors (Lipinski definition) is 0. The zero-order chi connectivity index (χ0) is 16.3. The highest BCUT2D eigenvalue weighted by molar-refractivity contribution is 14.1. The Morgan fingerprint density at radius 2 is 1.73 bits per heavy atom. The fraction of sp³-hybridized carbons (Fsp3) is 0.222. The summed E-state index contributed by atoms with van der Waals surface area (Å²) in [5.41, 5.74) is 3.18. The first-order valence-corrected chi connectivity index (χ1v) is 8.04. The normalized spacial score (nSPS) is 11.8. The van der Waals surface area contributed by atoms with Gasteiger partial charge >= 0.3 is 5.97 Å². The minimum Gasteiger partial charge on any atom is -0.451 e. The molecule has 0 aliphatic heterocycles. The van der Waals surface area contributed by atoms with E-state index in [9.17, 15) is 9.59 Å². The van der Waals surface area contributed by atoms with Crippen molar-refractivity contribution in [1.82, 2.24) is 0 Å². The van der Waals surface area contributed by atoms with E-state index >= 15 is 0 Å². The van der Waals surface area contributed by atoms with Crippen LogP contribution in [0, 0.1) is 17.4 Å². The van der Waals surface area contributed by atoms with E-state index in [2.05, 4.69) is 22.6 Å². The molecule has 4 heteroatoms. The van der Waals surface area contributed by atoms with Crippen LogP contribution in [0.2, 0.25) is 0 Å². The Morgan fingerprint density at radius 1 is 1.00 bits per heavy atom. The van der Waals surface area contributed by atoms with Crippen LogP contribution in [-0.4, -0.2) is 17.9 Å². The van der Waals surface area contributed by atoms with Crippen LogP contribution in [0.3, 0.4) is 0 Å². The Kier molecular flexibility index (Phi) is 5.34. The third-order valence-corrected chi connectivity index (χ3v) is 4.18. The first kappa shape index (κ1) is 16.7. The van der Waals surface area contributed by atoms with Gasteiger partial charge < -0.3 is 4.74 Å². The second-order valence-electron chi connectivity index (χ2n) is 5.22. The van der Waals surface area contributed by atoms with E-state index < -0.39 is 12.1 Å². The summed E-state index contributed by atoms with van der Waals surface area (Å²) in [6.45, 7) is 5.54. The van der Waals surface area contributed by atoms with Gasteiger partial charge in [-0.1, -0.05) is 18.2 Å². The number of carbonyl (C=O) groups excluding carboxylic acids is 2. The summed E-state index contributed by atoms with van der Waals surface area (Å²) in [6.07, 6.45) is -0.813. The minimum atomic E-state index is -0.813. The van der Waals surface area contributed by atoms with E-state index in [1.807, 2.05) is 32.0 Å². The topological polar surface area (TPSA) is 43.4 Å². The molecule has 0 unspecified atom stereocenters. The lowest BCUT2D eigenvalue weighted by Crippen LogP contribution is -2.24. The second-order valence-corrected chi connectivity index (χ2v) is 6.47. The minimum absolute atomic E-state index is 0.193. The molecule has 0 heterocycles. The van der Waals surface area contributed by atoms with Gasteiger partial charge in [-0.3, -0.25) is 4.79 Å². The van der Waals surface area contributed by atoms with E-state index in [-0.39, 0.29) is 5.78 Å². The van der Waals surface area contributed by atoms with Crippen LogP contribution < -0.4 is 0 Å². The number of aryl methyl sites for hydroxylation is 2. The van der Waals surface area contributed by atoms with E-state index in [1.54, 1.807) is 31.2 Å². The maximum Gasteiger partial charge on any atom is 0.338 e. The number of Topliss-reactive ketones (excluding diaryl/α,β-unsaturated/α-hetero) is 1. The summed E-state index contributed by atoms with van der Waals surface area (Å²) in [5.74, 6) is -0.676. The van der Waals surface area contributed by atoms with Gasteiger partial charge in [0.25, 0.3) is 0 Å². The molecule has 0 aromatic heterocycles. The van der Waals surface area contributed by atoms with Crippen LogP contribution in [0.4, 0.5) is 0 Å². The number of carbonyl (C=O) groups is 2. The van der Waals surface area contributed by atoms with Crippen molar-refractivity contribution in [2.24, 2.45) is 0 Å². The van der Waals surface area contributed by atoms with Crippen molar-refractivity contribution in [3.8, 4) is 0 Å². The van der Waals surface area contributed by atoms with Gasteiger partial charge in [-0.25, -0.2) is 4.79 Å². The summed E-state index contributed by atoms with van der Waals surface area (Å²) < 4.78 is 6.23. The number of ketones is 1. The van der Waals surface area contributed by atoms with E-state index in [0.29, 0.717) is 11.1 Å². The summed E-state index contributed by atoms with van der Waals surface area (Å²) in [4.78, 5) is 24.4. The van der Waals surface area contributed by atoms with Crippen LogP contribution in [0.25, 0.3) is 0 Å². The van der Waals surface area contributed by atoms with Gasteiger partial charge in [0, 0.05) is 9.13 Å². The number of ether oxygens (including phenoxy) is 1. The third-order valence-electron chi connectivity index (χ3n) is 3.50. The molecule has 22 heavy (non-hydrogen) atoms. The van der Waals surface area contributed by atoms with Gasteiger partial charge in [0.1, 0.15) is 0 Å². The highest BCUT2D eigenvalue weighted by atomic mass is 127. The number of rotatable bonds is 4. The van der Waals surface area contributed by atoms with Crippen LogP contribution in [0.1, 0.15) is 38.8 Å². The summed E-state index contributed by atoms with van der Waals surface area (Å²) in [7, 11) is 0. The molecule has 2 rings (SSSR count). The maximum atomic E-state index is 12.4. The Balaban J connectivity index is 2.11. The van der Waals surface area contributed by atoms with Crippen molar-refractivity contribution >= 4 is 34.3 Å². The quantitative estimate of drug-likeness (QED) is 0.430. The number of esters is 1. The van der Waals surface area contributed by atoms with Crippen LogP contribution in [-0.2, 0) is 4.74 Å². The first-order valence-electron chi connectivity index (χ1n) is 6.96. The molecule has 0 aliphatic carbocycles. The lowest BCUT2D eigenvalue weighted by molar-refractivity contribution is 0.0318. The molecule has 0 bridgehead atoms. The average Bonchev–Trinajstić information content (AvgIpc) is 2.49. The molecule has 0 amide bonds. The molecule has 0 N–H and O–H groups in total. The molecular weight excluding hydrogens is 391 g/mol. The van der Waals surface area contributed by atoms with Crippen molar-refractivity contribution in [2.75, 3.05) is 0 Å². The Morgan fingerprint density at radius 3 is 2.36 bits per heavy atom. The largest absolute Gasteiger partial charge is 0.451 e. The molecule has 0 saturated carbocycles. The molecule has 2 aromatic rings. The molecule has 114 valence electrons. The lowest BCUT2D eigenvalue weighted by atomic mass is 10.0. The molecule has 0 aliphatic rings. The van der Waals surface area contributed by atoms with Crippen LogP contribution in [0.15, 0.2) is 42.5 Å². The van der Waals surface area contributed by atoms with Gasteiger partial charge in [0.2, 0.25) is 5.78 Å². The predicted molar refractivity (Wildman–Crippen MR) is 94.3 cm³/mol. The first-order chi connectivity index (χ1) is 10.4. The standard InChI is InChI=1S/C18H17IO3/c1-11-7-8-14(9-12(11)2)17(20)13(3)22-18(21)15-5-4-6-16(19)10-15/h4-10,13H,1-3H3/t13-/m1/s1. The fourth-order valence-corrected chi connectivity index (χ4v) is 2.57. The molecule has 3 nitrogen and oxygen atoms in total. The molecule has 0 radical (unpaired) electrons. The number of halogens is 1. The van der Waals surface area contributed by atoms with Gasteiger partial charge in [-0.05, 0) is 78.8 Å². The van der Waals surface area contributed by atoms with Crippen molar-refractivity contribution < 1.29 is 14.3 Å². The maximum absolute atomic E-state index is 12.4. The highest BCUT2D eigenvalue weighted by Gasteiger charge is 2.20. The monoisotopic (exact) mass is 408 g/mol. The van der Waals surface area contributed by atoms with E-state index in [1.165, 1.54) is 0 Å². The fourth-order valence-electron chi connectivity index (χ4n) is 2.03. The Labute approximate surface area is 143 Å². The zero-order valence-electron chi connectivity index (χ0n) is 12.7. The third kappa shape index (κ3) is 3.94. The molecule has 0 spiro atoms. The molecular formula is C18H17IO3. The summed E-state index contributed by atoms with van der Waals surface area (Å²) >= 11 is 2.13. The van der Waals surface area contributed by atoms with Gasteiger partial charge in [-0.2, -0.15) is 0 Å². The van der Waals surface area contributed by atoms with E-state index in [0.717, 1.165) is 14.7 Å². The number of hydrogen-bond acceptors (Lipinski definition) is 3. The van der Waals surface area contributed by atoms with Gasteiger partial charge in [0.05, 0.1) is 5.56 Å². The smallest absolute Gasteiger partial charge is 0.338 e.